The summed E-state index contributed by atoms with van der Waals surface area (Å²) >= 11 is 0. The van der Waals surface area contributed by atoms with Crippen molar-refractivity contribution in [2.75, 3.05) is 5.75 Å². The number of aromatic nitrogens is 1. The lowest BCUT2D eigenvalue weighted by molar-refractivity contribution is 0.572. The second-order valence-corrected chi connectivity index (χ2v) is 6.75. The first-order valence-electron chi connectivity index (χ1n) is 7.30. The van der Waals surface area contributed by atoms with E-state index in [2.05, 4.69) is 4.98 Å². The molecule has 0 saturated carbocycles. The summed E-state index contributed by atoms with van der Waals surface area (Å²) in [4.78, 5) is 4.32. The number of oxazole rings is 1. The molecule has 23 heavy (non-hydrogen) atoms. The van der Waals surface area contributed by atoms with Crippen LogP contribution in [-0.2, 0) is 23.0 Å². The fourth-order valence-corrected chi connectivity index (χ4v) is 3.28. The number of hydrogen-bond donors (Lipinski definition) is 0. The van der Waals surface area contributed by atoms with Gasteiger partial charge >= 0.3 is 0 Å². The molecule has 0 aliphatic heterocycles. The molecule has 0 aliphatic rings. The van der Waals surface area contributed by atoms with Gasteiger partial charge in [0, 0.05) is 22.1 Å². The molecular weight excluding hydrogens is 313 g/mol. The average Bonchev–Trinajstić information content (AvgIpc) is 3.03. The topological polar surface area (TPSA) is 43.1 Å². The van der Waals surface area contributed by atoms with E-state index in [-0.39, 0.29) is 5.82 Å². The molecule has 0 N–H and O–H groups in total. The van der Waals surface area contributed by atoms with Crippen LogP contribution in [0.15, 0.2) is 65.3 Å². The van der Waals surface area contributed by atoms with Crippen molar-refractivity contribution in [1.82, 2.24) is 4.98 Å². The maximum Gasteiger partial charge on any atom is 0.226 e. The fraction of sp³-hybridized carbons (Fsp3) is 0.167. The number of aryl methyl sites for hydroxylation is 1. The molecule has 1 aromatic heterocycles. The molecule has 3 rings (SSSR count). The van der Waals surface area contributed by atoms with Gasteiger partial charge in [-0.25, -0.2) is 9.37 Å². The number of halogens is 1. The van der Waals surface area contributed by atoms with Gasteiger partial charge < -0.3 is 4.42 Å². The Balaban J connectivity index is 1.58. The van der Waals surface area contributed by atoms with Crippen LogP contribution in [0.3, 0.4) is 0 Å². The standard InChI is InChI=1S/C18H16FNO2S/c19-16-8-6-15(7-9-16)18-20-17(12-22-18)13-23(21)11-10-14-4-2-1-3-5-14/h1-9,12H,10-11,13H2. The molecule has 0 saturated heterocycles. The lowest BCUT2D eigenvalue weighted by Gasteiger charge is -2.00. The van der Waals surface area contributed by atoms with Crippen molar-refractivity contribution in [2.24, 2.45) is 0 Å². The zero-order valence-electron chi connectivity index (χ0n) is 12.4. The highest BCUT2D eigenvalue weighted by Gasteiger charge is 2.10. The second kappa shape index (κ2) is 7.33. The normalized spacial score (nSPS) is 12.2. The summed E-state index contributed by atoms with van der Waals surface area (Å²) in [5.74, 6) is 1.06. The summed E-state index contributed by atoms with van der Waals surface area (Å²) in [6.07, 6.45) is 2.29. The lowest BCUT2D eigenvalue weighted by atomic mass is 10.2. The maximum atomic E-state index is 12.9. The Labute approximate surface area is 136 Å². The monoisotopic (exact) mass is 329 g/mol. The van der Waals surface area contributed by atoms with Gasteiger partial charge in [0.1, 0.15) is 12.1 Å². The van der Waals surface area contributed by atoms with Gasteiger partial charge in [0.2, 0.25) is 5.89 Å². The van der Waals surface area contributed by atoms with Gasteiger partial charge in [-0.3, -0.25) is 4.21 Å². The van der Waals surface area contributed by atoms with Crippen molar-refractivity contribution >= 4 is 10.8 Å². The zero-order chi connectivity index (χ0) is 16.1. The van der Waals surface area contributed by atoms with Crippen LogP contribution in [0.1, 0.15) is 11.3 Å². The van der Waals surface area contributed by atoms with E-state index in [0.29, 0.717) is 28.7 Å². The van der Waals surface area contributed by atoms with E-state index in [4.69, 9.17) is 4.42 Å². The van der Waals surface area contributed by atoms with Crippen molar-refractivity contribution in [2.45, 2.75) is 12.2 Å². The molecule has 0 fully saturated rings. The molecule has 2 aromatic carbocycles. The van der Waals surface area contributed by atoms with Gasteiger partial charge in [0.15, 0.2) is 0 Å². The maximum absolute atomic E-state index is 12.9. The summed E-state index contributed by atoms with van der Waals surface area (Å²) in [5.41, 5.74) is 2.52. The second-order valence-electron chi connectivity index (χ2n) is 5.17. The minimum absolute atomic E-state index is 0.303. The summed E-state index contributed by atoms with van der Waals surface area (Å²) in [6, 6.07) is 15.9. The highest BCUT2D eigenvalue weighted by Crippen LogP contribution is 2.19. The third kappa shape index (κ3) is 4.36. The average molecular weight is 329 g/mol. The number of rotatable bonds is 6. The van der Waals surface area contributed by atoms with Gasteiger partial charge in [-0.15, -0.1) is 0 Å². The molecule has 3 aromatic rings. The Bertz CT molecular complexity index is 784. The predicted octanol–water partition coefficient (Wildman–Crippen LogP) is 3.97. The highest BCUT2D eigenvalue weighted by atomic mass is 32.2. The van der Waals surface area contributed by atoms with Gasteiger partial charge in [0.25, 0.3) is 0 Å². The van der Waals surface area contributed by atoms with E-state index >= 15 is 0 Å². The molecule has 0 radical (unpaired) electrons. The van der Waals surface area contributed by atoms with Crippen LogP contribution in [0.4, 0.5) is 4.39 Å². The minimum Gasteiger partial charge on any atom is -0.444 e. The van der Waals surface area contributed by atoms with E-state index in [1.54, 1.807) is 12.1 Å². The third-order valence-electron chi connectivity index (χ3n) is 3.41. The Morgan fingerprint density at radius 1 is 1.04 bits per heavy atom. The van der Waals surface area contributed by atoms with E-state index in [1.165, 1.54) is 24.0 Å². The Hall–Kier alpha value is -2.27. The summed E-state index contributed by atoms with van der Waals surface area (Å²) < 4.78 is 30.5. The first-order chi connectivity index (χ1) is 11.2. The van der Waals surface area contributed by atoms with E-state index in [9.17, 15) is 8.60 Å². The Kier molecular flexibility index (Phi) is 4.98. The molecule has 1 atom stereocenters. The van der Waals surface area contributed by atoms with E-state index in [1.807, 2.05) is 30.3 Å². The largest absolute Gasteiger partial charge is 0.444 e. The van der Waals surface area contributed by atoms with Crippen molar-refractivity contribution in [3.05, 3.63) is 77.9 Å². The van der Waals surface area contributed by atoms with Gasteiger partial charge in [0.05, 0.1) is 11.4 Å². The van der Waals surface area contributed by atoms with Crippen LogP contribution in [0.25, 0.3) is 11.5 Å². The summed E-state index contributed by atoms with van der Waals surface area (Å²) in [5, 5.41) is 0. The molecule has 0 amide bonds. The van der Waals surface area contributed by atoms with Gasteiger partial charge in [-0.05, 0) is 36.2 Å². The fourth-order valence-electron chi connectivity index (χ4n) is 2.21. The van der Waals surface area contributed by atoms with Crippen LogP contribution < -0.4 is 0 Å². The number of nitrogens with zero attached hydrogens (tertiary/aromatic N) is 1. The van der Waals surface area contributed by atoms with Gasteiger partial charge in [-0.2, -0.15) is 0 Å². The molecule has 1 heterocycles. The van der Waals surface area contributed by atoms with Crippen LogP contribution in [0.2, 0.25) is 0 Å². The first kappa shape index (κ1) is 15.6. The molecule has 0 aliphatic carbocycles. The lowest BCUT2D eigenvalue weighted by Crippen LogP contribution is -2.04. The van der Waals surface area contributed by atoms with Crippen LogP contribution in [0.5, 0.6) is 0 Å². The van der Waals surface area contributed by atoms with E-state index in [0.717, 1.165) is 6.42 Å². The molecule has 118 valence electrons. The molecule has 3 nitrogen and oxygen atoms in total. The molecule has 5 heteroatoms. The SMILES string of the molecule is O=S(CCc1ccccc1)Cc1coc(-c2ccc(F)cc2)n1. The molecule has 1 unspecified atom stereocenters. The predicted molar refractivity (Wildman–Crippen MR) is 88.8 cm³/mol. The van der Waals surface area contributed by atoms with E-state index < -0.39 is 10.8 Å². The van der Waals surface area contributed by atoms with Crippen LogP contribution >= 0.6 is 0 Å². The van der Waals surface area contributed by atoms with Gasteiger partial charge in [-0.1, -0.05) is 30.3 Å². The Morgan fingerprint density at radius 2 is 1.78 bits per heavy atom. The molecular formula is C18H16FNO2S. The number of hydrogen-bond acceptors (Lipinski definition) is 3. The van der Waals surface area contributed by atoms with Crippen LogP contribution in [-0.4, -0.2) is 14.9 Å². The highest BCUT2D eigenvalue weighted by molar-refractivity contribution is 7.84. The Morgan fingerprint density at radius 3 is 2.52 bits per heavy atom. The van der Waals surface area contributed by atoms with Crippen LogP contribution in [0, 0.1) is 5.82 Å². The van der Waals surface area contributed by atoms with Crippen molar-refractivity contribution in [1.29, 1.82) is 0 Å². The number of benzene rings is 2. The molecule has 0 spiro atoms. The minimum atomic E-state index is -1.00. The third-order valence-corrected chi connectivity index (χ3v) is 4.69. The van der Waals surface area contributed by atoms with Crippen molar-refractivity contribution in [3.8, 4) is 11.5 Å². The zero-order valence-corrected chi connectivity index (χ0v) is 13.3. The quantitative estimate of drug-likeness (QED) is 0.687. The molecule has 0 bridgehead atoms. The summed E-state index contributed by atoms with van der Waals surface area (Å²) in [6.45, 7) is 0. The van der Waals surface area contributed by atoms with Crippen molar-refractivity contribution in [3.63, 3.8) is 0 Å². The van der Waals surface area contributed by atoms with Crippen molar-refractivity contribution < 1.29 is 13.0 Å². The summed E-state index contributed by atoms with van der Waals surface area (Å²) in [7, 11) is -1.00. The smallest absolute Gasteiger partial charge is 0.226 e. The first-order valence-corrected chi connectivity index (χ1v) is 8.79.